The van der Waals surface area contributed by atoms with E-state index in [1.807, 2.05) is 12.1 Å². The largest absolute Gasteiger partial charge is 0.489 e. The SMILES string of the molecule is CC(C)c1ccccc1[C@@H]1CCCN1C1CC2(CCN(c3ccc(C(=O)NS(=O)(=O)c4cc5c(c([N+](=O)[O-])c4)N[C@@H](CN4CCN(C)CC4)CO5)c(Oc4cnc5[nH]ccc5c4)c3)CC2)C1. The summed E-state index contributed by atoms with van der Waals surface area (Å²) >= 11 is 0. The van der Waals surface area contributed by atoms with Gasteiger partial charge in [-0.2, -0.15) is 0 Å². The lowest BCUT2D eigenvalue weighted by Crippen LogP contribution is -2.54. The summed E-state index contributed by atoms with van der Waals surface area (Å²) in [5, 5.41) is 16.4. The van der Waals surface area contributed by atoms with Crippen molar-refractivity contribution in [1.29, 1.82) is 0 Å². The second kappa shape index (κ2) is 17.8. The Balaban J connectivity index is 0.848. The average molecular weight is 918 g/mol. The van der Waals surface area contributed by atoms with Gasteiger partial charge in [-0.25, -0.2) is 18.1 Å². The zero-order valence-corrected chi connectivity index (χ0v) is 38.7. The third-order valence-electron chi connectivity index (χ3n) is 14.7. The Morgan fingerprint density at radius 1 is 1.02 bits per heavy atom. The number of anilines is 2. The van der Waals surface area contributed by atoms with E-state index < -0.39 is 31.4 Å². The summed E-state index contributed by atoms with van der Waals surface area (Å²) in [4.78, 5) is 42.5. The van der Waals surface area contributed by atoms with Crippen LogP contribution < -0.4 is 24.4 Å². The summed E-state index contributed by atoms with van der Waals surface area (Å²) in [7, 11) is -2.56. The Morgan fingerprint density at radius 3 is 2.58 bits per heavy atom. The van der Waals surface area contributed by atoms with Gasteiger partial charge in [0.15, 0.2) is 11.4 Å². The molecule has 6 heterocycles. The van der Waals surface area contributed by atoms with Crippen LogP contribution in [0.25, 0.3) is 11.0 Å². The number of pyridine rings is 1. The van der Waals surface area contributed by atoms with Crippen LogP contribution in [-0.4, -0.2) is 122 Å². The molecule has 1 aliphatic carbocycles. The van der Waals surface area contributed by atoms with Crippen molar-refractivity contribution in [3.63, 3.8) is 0 Å². The summed E-state index contributed by atoms with van der Waals surface area (Å²) < 4.78 is 42.4. The number of aromatic amines is 1. The minimum absolute atomic E-state index is 0.0249. The van der Waals surface area contributed by atoms with E-state index in [1.54, 1.807) is 30.6 Å². The van der Waals surface area contributed by atoms with Crippen molar-refractivity contribution in [2.45, 2.75) is 81.3 Å². The normalized spacial score (nSPS) is 21.6. The number of H-pyrrole nitrogens is 1. The number of aromatic nitrogens is 2. The molecule has 0 bridgehead atoms. The Hall–Kier alpha value is -5.75. The number of carbonyl (C=O) groups is 1. The summed E-state index contributed by atoms with van der Waals surface area (Å²) in [6.07, 6.45) is 10.3. The quantitative estimate of drug-likeness (QED) is 0.0828. The maximum Gasteiger partial charge on any atom is 0.297 e. The Labute approximate surface area is 385 Å². The smallest absolute Gasteiger partial charge is 0.297 e. The van der Waals surface area contributed by atoms with Crippen LogP contribution in [0.1, 0.15) is 85.8 Å². The molecular formula is C49H59N9O7S. The van der Waals surface area contributed by atoms with E-state index in [1.165, 1.54) is 42.9 Å². The lowest BCUT2D eigenvalue weighted by atomic mass is 9.59. The van der Waals surface area contributed by atoms with Crippen LogP contribution in [-0.2, 0) is 10.0 Å². The number of nitrogens with one attached hydrogen (secondary N) is 3. The molecule has 4 fully saturated rings. The summed E-state index contributed by atoms with van der Waals surface area (Å²) in [6, 6.07) is 20.9. The number of fused-ring (bicyclic) bond motifs is 2. The number of amides is 1. The van der Waals surface area contributed by atoms with Gasteiger partial charge in [-0.15, -0.1) is 0 Å². The van der Waals surface area contributed by atoms with Crippen LogP contribution in [0.15, 0.2) is 84.0 Å². The fraction of sp³-hybridized carbons (Fsp3) is 0.469. The van der Waals surface area contributed by atoms with Crippen LogP contribution in [0.3, 0.4) is 0 Å². The van der Waals surface area contributed by atoms with E-state index in [0.29, 0.717) is 41.4 Å². The number of hydrogen-bond donors (Lipinski definition) is 3. The number of nitrogens with zero attached hydrogens (tertiary/aromatic N) is 6. The van der Waals surface area contributed by atoms with Crippen LogP contribution >= 0.6 is 0 Å². The van der Waals surface area contributed by atoms with Crippen LogP contribution in [0, 0.1) is 15.5 Å². The summed E-state index contributed by atoms with van der Waals surface area (Å²) in [6.45, 7) is 11.8. The number of nitro groups is 1. The van der Waals surface area contributed by atoms with Crippen molar-refractivity contribution in [3.8, 4) is 17.2 Å². The first-order chi connectivity index (χ1) is 31.8. The molecule has 1 spiro atoms. The van der Waals surface area contributed by atoms with Gasteiger partial charge in [0.25, 0.3) is 21.6 Å². The number of rotatable bonds is 12. The molecule has 3 aromatic carbocycles. The lowest BCUT2D eigenvalue weighted by molar-refractivity contribution is -0.384. The first-order valence-corrected chi connectivity index (χ1v) is 24.8. The molecular weight excluding hydrogens is 859 g/mol. The minimum Gasteiger partial charge on any atom is -0.489 e. The van der Waals surface area contributed by atoms with Crippen molar-refractivity contribution in [2.75, 3.05) is 76.2 Å². The number of ether oxygens (including phenoxy) is 2. The van der Waals surface area contributed by atoms with Gasteiger partial charge >= 0.3 is 0 Å². The number of carbonyl (C=O) groups excluding carboxylic acids is 1. The van der Waals surface area contributed by atoms with E-state index in [0.717, 1.165) is 75.8 Å². The van der Waals surface area contributed by atoms with E-state index in [2.05, 4.69) is 84.8 Å². The highest BCUT2D eigenvalue weighted by molar-refractivity contribution is 7.90. The third kappa shape index (κ3) is 8.81. The Morgan fingerprint density at radius 2 is 1.80 bits per heavy atom. The third-order valence-corrected chi connectivity index (χ3v) is 16.0. The molecule has 1 amide bonds. The fourth-order valence-corrected chi connectivity index (χ4v) is 12.1. The van der Waals surface area contributed by atoms with Gasteiger partial charge in [0, 0.05) is 93.4 Å². The molecule has 10 rings (SSSR count). The molecule has 16 nitrogen and oxygen atoms in total. The summed E-state index contributed by atoms with van der Waals surface area (Å²) in [5.74, 6) is 0.0896. The molecule has 2 aromatic heterocycles. The monoisotopic (exact) mass is 917 g/mol. The minimum atomic E-state index is -4.64. The standard InChI is InChI=1S/C49H59N9O7S/c1-32(2)39-7-4-5-8-40(39)42-9-6-16-57(42)36-27-49(28-36)13-17-56(18-14-49)35-10-11-41(44(24-35)65-37-23-33-12-15-50-47(33)51-29-37)48(59)53-66(62,63)38-25-43(58(60)61)46-45(26-38)64-31-34(52-46)30-55-21-19-54(3)20-22-55/h4-5,7-8,10-12,15,23-26,29,32,34,36,42,52H,6,9,13-14,16-22,27-28,30-31H2,1-3H3,(H,50,51)(H,53,59)/t34-,42-/m0/s1. The first-order valence-electron chi connectivity index (χ1n) is 23.4. The molecule has 5 aromatic rings. The van der Waals surface area contributed by atoms with Gasteiger partial charge in [0.05, 0.1) is 27.6 Å². The average Bonchev–Trinajstić information content (AvgIpc) is 3.99. The van der Waals surface area contributed by atoms with Gasteiger partial charge < -0.3 is 29.6 Å². The molecule has 17 heteroatoms. The van der Waals surface area contributed by atoms with Crippen molar-refractivity contribution in [2.24, 2.45) is 5.41 Å². The predicted octanol–water partition coefficient (Wildman–Crippen LogP) is 7.51. The summed E-state index contributed by atoms with van der Waals surface area (Å²) in [5.41, 5.74) is 4.42. The highest BCUT2D eigenvalue weighted by Gasteiger charge is 2.50. The van der Waals surface area contributed by atoms with Gasteiger partial charge in [-0.3, -0.25) is 24.7 Å². The Kier molecular flexibility index (Phi) is 11.9. The maximum absolute atomic E-state index is 14.1. The molecule has 3 N–H and O–H groups in total. The molecule has 66 heavy (non-hydrogen) atoms. The molecule has 2 atom stereocenters. The van der Waals surface area contributed by atoms with Gasteiger partial charge in [0.1, 0.15) is 23.8 Å². The second-order valence-electron chi connectivity index (χ2n) is 19.4. The number of benzene rings is 3. The van der Waals surface area contributed by atoms with Crippen molar-refractivity contribution in [1.82, 2.24) is 29.4 Å². The van der Waals surface area contributed by atoms with E-state index >= 15 is 0 Å². The first kappa shape index (κ1) is 44.1. The number of sulfonamides is 1. The molecule has 0 radical (unpaired) electrons. The lowest BCUT2D eigenvalue weighted by Gasteiger charge is -2.56. The predicted molar refractivity (Wildman–Crippen MR) is 253 cm³/mol. The zero-order valence-electron chi connectivity index (χ0n) is 37.9. The number of nitro benzene ring substituents is 1. The van der Waals surface area contributed by atoms with Gasteiger partial charge in [0.2, 0.25) is 0 Å². The number of piperidine rings is 1. The molecule has 4 aliphatic heterocycles. The van der Waals surface area contributed by atoms with Crippen molar-refractivity contribution < 1.29 is 27.6 Å². The molecule has 3 saturated heterocycles. The van der Waals surface area contributed by atoms with Gasteiger partial charge in [-0.05, 0) is 98.8 Å². The zero-order chi connectivity index (χ0) is 45.7. The second-order valence-corrected chi connectivity index (χ2v) is 21.0. The van der Waals surface area contributed by atoms with Crippen LogP contribution in [0.5, 0.6) is 17.2 Å². The fourth-order valence-electron chi connectivity index (χ4n) is 11.1. The highest BCUT2D eigenvalue weighted by Crippen LogP contribution is 2.54. The Bertz CT molecular complexity index is 2740. The topological polar surface area (TPSA) is 179 Å². The molecule has 348 valence electrons. The van der Waals surface area contributed by atoms with E-state index in [9.17, 15) is 23.3 Å². The van der Waals surface area contributed by atoms with E-state index in [4.69, 9.17) is 9.47 Å². The van der Waals surface area contributed by atoms with Crippen molar-refractivity contribution >= 4 is 44.0 Å². The number of likely N-dealkylation sites (N-methyl/N-ethyl adjacent to an activating group) is 1. The number of piperazine rings is 1. The number of hydrogen-bond acceptors (Lipinski definition) is 13. The van der Waals surface area contributed by atoms with Crippen molar-refractivity contribution in [3.05, 3.63) is 106 Å². The van der Waals surface area contributed by atoms with Crippen LogP contribution in [0.4, 0.5) is 17.1 Å². The van der Waals surface area contributed by atoms with Gasteiger partial charge in [-0.1, -0.05) is 38.1 Å². The maximum atomic E-state index is 14.1. The molecule has 0 unspecified atom stereocenters. The molecule has 5 aliphatic rings. The highest BCUT2D eigenvalue weighted by atomic mass is 32.2. The number of likely N-dealkylation sites (tertiary alicyclic amines) is 1. The molecule has 1 saturated carbocycles. The van der Waals surface area contributed by atoms with Crippen LogP contribution in [0.2, 0.25) is 0 Å². The van der Waals surface area contributed by atoms with E-state index in [-0.39, 0.29) is 35.4 Å².